The van der Waals surface area contributed by atoms with Gasteiger partial charge in [0.15, 0.2) is 0 Å². The van der Waals surface area contributed by atoms with Crippen LogP contribution in [-0.2, 0) is 0 Å². The molecule has 0 fully saturated rings. The topological polar surface area (TPSA) is 13.0 Å². The molecule has 4 nitrogen and oxygen atoms in total. The van der Waals surface area contributed by atoms with E-state index in [0.717, 1.165) is 0 Å². The summed E-state index contributed by atoms with van der Waals surface area (Å²) in [6, 6.07) is 2.26. The normalized spacial score (nSPS) is 16.2. The maximum absolute atomic E-state index is 2.21. The van der Waals surface area contributed by atoms with Crippen molar-refractivity contribution >= 4 is 32.7 Å². The van der Waals surface area contributed by atoms with Gasteiger partial charge in [0.05, 0.1) is 0 Å². The number of nitrogens with zero attached hydrogens (tertiary/aromatic N) is 4. The van der Waals surface area contributed by atoms with Crippen molar-refractivity contribution in [2.24, 2.45) is 0 Å². The third kappa shape index (κ3) is 7.19. The van der Waals surface area contributed by atoms with Crippen molar-refractivity contribution in [3.63, 3.8) is 0 Å². The van der Waals surface area contributed by atoms with Gasteiger partial charge in [-0.05, 0) is 55.4 Å². The van der Waals surface area contributed by atoms with Crippen LogP contribution in [0.4, 0.5) is 0 Å². The van der Waals surface area contributed by atoms with E-state index in [4.69, 9.17) is 0 Å². The van der Waals surface area contributed by atoms with Gasteiger partial charge in [-0.1, -0.05) is 0 Å². The van der Waals surface area contributed by atoms with E-state index >= 15 is 0 Å². The van der Waals surface area contributed by atoms with E-state index in [1.165, 1.54) is 0 Å². The molecule has 0 bridgehead atoms. The summed E-state index contributed by atoms with van der Waals surface area (Å²) in [5.41, 5.74) is 0. The Morgan fingerprint density at radius 1 is 0.478 bits per heavy atom. The van der Waals surface area contributed by atoms with E-state index in [1.54, 1.807) is 0 Å². The SMILES string of the molecule is CC(C)N1[B]N(C(C)C)C=C1.CC(C)N1[B]N(C(C)C)C=C1.[Ge]. The first-order valence-corrected chi connectivity index (χ1v) is 8.38. The molecule has 0 aromatic rings. The molecule has 2 heterocycles. The second-order valence-corrected chi connectivity index (χ2v) is 6.99. The molecule has 2 rings (SSSR count). The van der Waals surface area contributed by atoms with Crippen LogP contribution in [0.5, 0.6) is 0 Å². The number of hydrogen-bond acceptors (Lipinski definition) is 4. The van der Waals surface area contributed by atoms with E-state index < -0.39 is 0 Å². The summed E-state index contributed by atoms with van der Waals surface area (Å²) < 4.78 is 0. The Labute approximate surface area is 156 Å². The van der Waals surface area contributed by atoms with Crippen molar-refractivity contribution in [1.29, 1.82) is 0 Å². The van der Waals surface area contributed by atoms with Crippen LogP contribution >= 0.6 is 0 Å². The van der Waals surface area contributed by atoms with Gasteiger partial charge in [0.25, 0.3) is 0 Å². The average Bonchev–Trinajstić information content (AvgIpc) is 3.09. The third-order valence-corrected chi connectivity index (χ3v) is 3.74. The van der Waals surface area contributed by atoms with Crippen LogP contribution in [0, 0.1) is 0 Å². The summed E-state index contributed by atoms with van der Waals surface area (Å²) in [7, 11) is 4.30. The summed E-state index contributed by atoms with van der Waals surface area (Å²) in [5, 5.41) is 0. The molecular formula is C16H32B2GeN4. The van der Waals surface area contributed by atoms with Crippen molar-refractivity contribution in [3.8, 4) is 0 Å². The standard InChI is InChI=1S/2C8H16BN2.Ge/c2*1-7(2)10-5-6-11(9-10)8(3)4;/h2*5-8H,1-4H3;. The van der Waals surface area contributed by atoms with E-state index in [2.05, 4.69) is 115 Å². The van der Waals surface area contributed by atoms with Crippen LogP contribution in [0.1, 0.15) is 55.4 Å². The molecule has 0 atom stereocenters. The largest absolute Gasteiger partial charge is 0.401 e. The van der Waals surface area contributed by atoms with Crippen LogP contribution in [0.15, 0.2) is 24.8 Å². The Balaban J connectivity index is 0.000000403. The van der Waals surface area contributed by atoms with Crippen molar-refractivity contribution in [2.75, 3.05) is 0 Å². The second-order valence-electron chi connectivity index (χ2n) is 6.99. The van der Waals surface area contributed by atoms with E-state index in [1.807, 2.05) is 0 Å². The molecule has 2 aliphatic rings. The fourth-order valence-corrected chi connectivity index (χ4v) is 1.99. The molecular weight excluding hydrogens is 342 g/mol. The van der Waals surface area contributed by atoms with Crippen molar-refractivity contribution in [2.45, 2.75) is 79.6 Å². The molecule has 2 aliphatic heterocycles. The minimum atomic E-state index is 0. The summed E-state index contributed by atoms with van der Waals surface area (Å²) in [4.78, 5) is 8.83. The van der Waals surface area contributed by atoms with Gasteiger partial charge in [-0.15, -0.1) is 0 Å². The molecule has 0 saturated carbocycles. The molecule has 0 unspecified atom stereocenters. The summed E-state index contributed by atoms with van der Waals surface area (Å²) in [5.74, 6) is 0. The van der Waals surface area contributed by atoms with Gasteiger partial charge in [-0.25, -0.2) is 0 Å². The molecule has 6 radical (unpaired) electrons. The van der Waals surface area contributed by atoms with Gasteiger partial charge < -0.3 is 19.2 Å². The van der Waals surface area contributed by atoms with Gasteiger partial charge >= 0.3 is 15.1 Å². The van der Waals surface area contributed by atoms with Gasteiger partial charge in [0, 0.05) is 66.6 Å². The zero-order chi connectivity index (χ0) is 16.9. The first-order valence-electron chi connectivity index (χ1n) is 8.38. The van der Waals surface area contributed by atoms with Crippen LogP contribution in [0.3, 0.4) is 0 Å². The summed E-state index contributed by atoms with van der Waals surface area (Å²) >= 11 is 0. The molecule has 0 aromatic carbocycles. The number of rotatable bonds is 4. The summed E-state index contributed by atoms with van der Waals surface area (Å²) in [6.45, 7) is 17.5. The Morgan fingerprint density at radius 3 is 0.739 bits per heavy atom. The fourth-order valence-electron chi connectivity index (χ4n) is 1.99. The number of hydrogen-bond donors (Lipinski definition) is 0. The van der Waals surface area contributed by atoms with Gasteiger partial charge in [-0.3, -0.25) is 0 Å². The Kier molecular flexibility index (Phi) is 9.98. The molecule has 0 saturated heterocycles. The van der Waals surface area contributed by atoms with Crippen LogP contribution in [0.2, 0.25) is 0 Å². The molecule has 7 heteroatoms. The molecule has 0 amide bonds. The van der Waals surface area contributed by atoms with Gasteiger partial charge in [0.1, 0.15) is 0 Å². The quantitative estimate of drug-likeness (QED) is 0.701. The van der Waals surface area contributed by atoms with Crippen molar-refractivity contribution in [3.05, 3.63) is 24.8 Å². The van der Waals surface area contributed by atoms with Gasteiger partial charge in [-0.2, -0.15) is 0 Å². The Morgan fingerprint density at radius 2 is 0.652 bits per heavy atom. The smallest absolute Gasteiger partial charge is 0.391 e. The van der Waals surface area contributed by atoms with Crippen LogP contribution < -0.4 is 0 Å². The predicted octanol–water partition coefficient (Wildman–Crippen LogP) is 2.47. The molecule has 0 N–H and O–H groups in total. The zero-order valence-corrected chi connectivity index (χ0v) is 18.2. The minimum absolute atomic E-state index is 0. The van der Waals surface area contributed by atoms with Crippen LogP contribution in [-0.4, -0.2) is 76.1 Å². The monoisotopic (exact) mass is 376 g/mol. The maximum atomic E-state index is 2.21. The van der Waals surface area contributed by atoms with Crippen molar-refractivity contribution < 1.29 is 0 Å². The van der Waals surface area contributed by atoms with E-state index in [9.17, 15) is 0 Å². The molecule has 0 aromatic heterocycles. The minimum Gasteiger partial charge on any atom is -0.401 e. The average molecular weight is 375 g/mol. The Hall–Kier alpha value is -0.647. The molecule has 0 spiro atoms. The molecule has 0 aliphatic carbocycles. The predicted molar refractivity (Wildman–Crippen MR) is 103 cm³/mol. The first-order chi connectivity index (χ1) is 10.2. The Bertz CT molecular complexity index is 318. The third-order valence-electron chi connectivity index (χ3n) is 3.74. The zero-order valence-electron chi connectivity index (χ0n) is 16.1. The van der Waals surface area contributed by atoms with E-state index in [0.29, 0.717) is 24.2 Å². The molecule has 23 heavy (non-hydrogen) atoms. The van der Waals surface area contributed by atoms with Crippen LogP contribution in [0.25, 0.3) is 0 Å². The second kappa shape index (κ2) is 10.3. The van der Waals surface area contributed by atoms with Gasteiger partial charge in [0.2, 0.25) is 0 Å². The van der Waals surface area contributed by atoms with Crippen molar-refractivity contribution in [1.82, 2.24) is 19.2 Å². The molecule has 126 valence electrons. The fraction of sp³-hybridized carbons (Fsp3) is 0.750. The summed E-state index contributed by atoms with van der Waals surface area (Å²) in [6.07, 6.45) is 8.46. The van der Waals surface area contributed by atoms with E-state index in [-0.39, 0.29) is 17.6 Å². The first kappa shape index (κ1) is 22.4. The maximum Gasteiger partial charge on any atom is 0.391 e.